The molecule has 0 saturated carbocycles. The Hall–Kier alpha value is -2.77. The smallest absolute Gasteiger partial charge is 0.249 e. The van der Waals surface area contributed by atoms with Crippen molar-refractivity contribution in [1.82, 2.24) is 9.21 Å². The van der Waals surface area contributed by atoms with E-state index in [0.717, 1.165) is 31.2 Å². The fraction of sp³-hybridized carbons (Fsp3) is 0.385. The molecule has 2 aliphatic rings. The minimum atomic E-state index is -4.26. The van der Waals surface area contributed by atoms with Crippen LogP contribution < -0.4 is 0 Å². The predicted octanol–water partition coefficient (Wildman–Crippen LogP) is 4.39. The first kappa shape index (κ1) is 23.4. The first-order valence-electron chi connectivity index (χ1n) is 11.6. The van der Waals surface area contributed by atoms with Crippen molar-refractivity contribution >= 4 is 21.6 Å². The normalized spacial score (nSPS) is 17.5. The quantitative estimate of drug-likeness (QED) is 0.631. The molecule has 2 aromatic rings. The van der Waals surface area contributed by atoms with Crippen molar-refractivity contribution in [2.45, 2.75) is 52.1 Å². The van der Waals surface area contributed by atoms with Crippen LogP contribution in [0.3, 0.4) is 0 Å². The van der Waals surface area contributed by atoms with Crippen molar-refractivity contribution in [3.8, 4) is 0 Å². The summed E-state index contributed by atoms with van der Waals surface area (Å²) in [6, 6.07) is 15.4. The van der Waals surface area contributed by atoms with Crippen molar-refractivity contribution in [1.29, 1.82) is 0 Å². The van der Waals surface area contributed by atoms with Gasteiger partial charge in [0.25, 0.3) is 0 Å². The molecule has 33 heavy (non-hydrogen) atoms. The summed E-state index contributed by atoms with van der Waals surface area (Å²) >= 11 is 0. The summed E-state index contributed by atoms with van der Waals surface area (Å²) in [5.41, 5.74) is 1.30. The van der Waals surface area contributed by atoms with Crippen LogP contribution in [0.5, 0.6) is 0 Å². The van der Waals surface area contributed by atoms with E-state index in [1.165, 1.54) is 4.31 Å². The number of ketones is 2. The Morgan fingerprint density at radius 1 is 0.818 bits per heavy atom. The van der Waals surface area contributed by atoms with Gasteiger partial charge in [-0.3, -0.25) is 9.59 Å². The number of likely N-dealkylation sites (tertiary alicyclic amines) is 1. The molecule has 1 fully saturated rings. The van der Waals surface area contributed by atoms with E-state index in [1.807, 2.05) is 35.2 Å². The van der Waals surface area contributed by atoms with E-state index in [9.17, 15) is 18.0 Å². The Labute approximate surface area is 195 Å². The Bertz CT molecular complexity index is 1180. The van der Waals surface area contributed by atoms with Gasteiger partial charge in [-0.2, -0.15) is 4.31 Å². The molecule has 0 radical (unpaired) electrons. The largest absolute Gasteiger partial charge is 0.367 e. The van der Waals surface area contributed by atoms with E-state index in [2.05, 4.69) is 0 Å². The second-order valence-corrected chi connectivity index (χ2v) is 10.7. The molecule has 0 N–H and O–H groups in total. The van der Waals surface area contributed by atoms with Gasteiger partial charge in [0.05, 0.1) is 0 Å². The van der Waals surface area contributed by atoms with Gasteiger partial charge in [0, 0.05) is 36.8 Å². The molecule has 1 aliphatic heterocycles. The van der Waals surface area contributed by atoms with Gasteiger partial charge in [0.15, 0.2) is 4.91 Å². The molecule has 0 aromatic heterocycles. The van der Waals surface area contributed by atoms with Crippen LogP contribution >= 0.6 is 0 Å². The highest BCUT2D eigenvalue weighted by atomic mass is 32.2. The van der Waals surface area contributed by atoms with Gasteiger partial charge >= 0.3 is 0 Å². The number of hydrogen-bond donors (Lipinski definition) is 0. The van der Waals surface area contributed by atoms with Crippen molar-refractivity contribution in [2.75, 3.05) is 13.1 Å². The van der Waals surface area contributed by atoms with Crippen LogP contribution in [-0.4, -0.2) is 48.3 Å². The summed E-state index contributed by atoms with van der Waals surface area (Å²) in [6.07, 6.45) is 3.77. The molecule has 0 amide bonds. The van der Waals surface area contributed by atoms with E-state index in [4.69, 9.17) is 0 Å². The summed E-state index contributed by atoms with van der Waals surface area (Å²) in [4.78, 5) is 28.8. The van der Waals surface area contributed by atoms with Gasteiger partial charge < -0.3 is 4.90 Å². The third-order valence-corrected chi connectivity index (χ3v) is 8.36. The highest BCUT2D eigenvalue weighted by Crippen LogP contribution is 2.35. The van der Waals surface area contributed by atoms with Crippen LogP contribution in [-0.2, 0) is 16.6 Å². The molecule has 2 aromatic carbocycles. The summed E-state index contributed by atoms with van der Waals surface area (Å²) in [5, 5.41) is 0. The summed E-state index contributed by atoms with van der Waals surface area (Å²) in [6.45, 7) is 4.83. The molecule has 0 atom stereocenters. The average Bonchev–Trinajstić information content (AvgIpc) is 3.09. The average molecular weight is 467 g/mol. The summed E-state index contributed by atoms with van der Waals surface area (Å²) < 4.78 is 29.5. The molecule has 1 saturated heterocycles. The van der Waals surface area contributed by atoms with Crippen LogP contribution in [0.25, 0.3) is 0 Å². The SMILES string of the molecule is CC(C)N(Cc1ccccc1)S(=O)(=O)C1=C(N2CCCCCC2)C(=O)c2ccccc2C1=O. The monoisotopic (exact) mass is 466 g/mol. The van der Waals surface area contributed by atoms with Crippen molar-refractivity contribution in [3.63, 3.8) is 0 Å². The number of rotatable bonds is 6. The van der Waals surface area contributed by atoms with Gasteiger partial charge in [0.1, 0.15) is 5.70 Å². The highest BCUT2D eigenvalue weighted by Gasteiger charge is 2.44. The Morgan fingerprint density at radius 2 is 1.36 bits per heavy atom. The molecule has 7 heteroatoms. The maximum atomic E-state index is 14.1. The number of allylic oxidation sites excluding steroid dienone is 2. The maximum Gasteiger partial charge on any atom is 0.249 e. The number of fused-ring (bicyclic) bond motifs is 1. The van der Waals surface area contributed by atoms with Crippen LogP contribution in [0, 0.1) is 0 Å². The predicted molar refractivity (Wildman–Crippen MR) is 128 cm³/mol. The Morgan fingerprint density at radius 3 is 1.94 bits per heavy atom. The Kier molecular flexibility index (Phi) is 6.81. The van der Waals surface area contributed by atoms with Gasteiger partial charge in [-0.15, -0.1) is 0 Å². The number of carbonyl (C=O) groups is 2. The molecule has 174 valence electrons. The molecule has 0 bridgehead atoms. The molecular weight excluding hydrogens is 436 g/mol. The minimum Gasteiger partial charge on any atom is -0.367 e. The van der Waals surface area contributed by atoms with Gasteiger partial charge in [-0.05, 0) is 32.3 Å². The second-order valence-electron chi connectivity index (χ2n) is 8.91. The molecule has 0 spiro atoms. The van der Waals surface area contributed by atoms with Crippen LogP contribution in [0.4, 0.5) is 0 Å². The number of sulfonamides is 1. The van der Waals surface area contributed by atoms with E-state index < -0.39 is 21.8 Å². The third kappa shape index (κ3) is 4.52. The van der Waals surface area contributed by atoms with Crippen molar-refractivity contribution in [3.05, 3.63) is 81.9 Å². The number of nitrogens with zero attached hydrogens (tertiary/aromatic N) is 2. The fourth-order valence-electron chi connectivity index (χ4n) is 4.59. The number of hydrogen-bond acceptors (Lipinski definition) is 5. The van der Waals surface area contributed by atoms with Gasteiger partial charge in [0.2, 0.25) is 21.6 Å². The van der Waals surface area contributed by atoms with E-state index in [0.29, 0.717) is 13.1 Å². The minimum absolute atomic E-state index is 0.0410. The van der Waals surface area contributed by atoms with Gasteiger partial charge in [-0.25, -0.2) is 8.42 Å². The van der Waals surface area contributed by atoms with Crippen LogP contribution in [0.15, 0.2) is 65.2 Å². The summed E-state index contributed by atoms with van der Waals surface area (Å²) in [5.74, 6) is -0.975. The van der Waals surface area contributed by atoms with Crippen molar-refractivity contribution in [2.24, 2.45) is 0 Å². The topological polar surface area (TPSA) is 74.8 Å². The van der Waals surface area contributed by atoms with E-state index in [-0.39, 0.29) is 34.1 Å². The number of carbonyl (C=O) groups excluding carboxylic acids is 2. The fourth-order valence-corrected chi connectivity index (χ4v) is 6.51. The molecule has 0 unspecified atom stereocenters. The standard InChI is InChI=1S/C26H30N2O4S/c1-19(2)28(18-20-12-6-5-7-13-20)33(31,32)26-23(27-16-10-3-4-11-17-27)24(29)21-14-8-9-15-22(21)25(26)30/h5-9,12-15,19H,3-4,10-11,16-18H2,1-2H3. The lowest BCUT2D eigenvalue weighted by molar-refractivity contribution is 0.0946. The number of Topliss-reactive ketones (excluding diaryl/α,β-unsaturated/α-hetero) is 2. The zero-order valence-corrected chi connectivity index (χ0v) is 20.0. The van der Waals surface area contributed by atoms with Gasteiger partial charge in [-0.1, -0.05) is 67.4 Å². The lowest BCUT2D eigenvalue weighted by atomic mass is 9.91. The van der Waals surface area contributed by atoms with E-state index >= 15 is 0 Å². The zero-order chi connectivity index (χ0) is 23.6. The molecular formula is C26H30N2O4S. The molecule has 4 rings (SSSR count). The van der Waals surface area contributed by atoms with E-state index in [1.54, 1.807) is 38.1 Å². The first-order chi connectivity index (χ1) is 15.8. The lowest BCUT2D eigenvalue weighted by Gasteiger charge is -2.33. The van der Waals surface area contributed by atoms with Crippen molar-refractivity contribution < 1.29 is 18.0 Å². The lowest BCUT2D eigenvalue weighted by Crippen LogP contribution is -2.43. The third-order valence-electron chi connectivity index (χ3n) is 6.30. The highest BCUT2D eigenvalue weighted by molar-refractivity contribution is 7.94. The molecule has 1 heterocycles. The Balaban J connectivity index is 1.89. The molecule has 1 aliphatic carbocycles. The second kappa shape index (κ2) is 9.61. The van der Waals surface area contributed by atoms with Crippen LogP contribution in [0.1, 0.15) is 65.8 Å². The maximum absolute atomic E-state index is 14.1. The first-order valence-corrected chi connectivity index (χ1v) is 13.0. The zero-order valence-electron chi connectivity index (χ0n) is 19.2. The molecule has 6 nitrogen and oxygen atoms in total. The van der Waals surface area contributed by atoms with Crippen LogP contribution in [0.2, 0.25) is 0 Å². The number of benzene rings is 2. The summed E-state index contributed by atoms with van der Waals surface area (Å²) in [7, 11) is -4.26.